The van der Waals surface area contributed by atoms with Crippen LogP contribution in [0.25, 0.3) is 17.1 Å². The Bertz CT molecular complexity index is 754. The normalized spacial score (nSPS) is 10.6. The summed E-state index contributed by atoms with van der Waals surface area (Å²) in [6, 6.07) is 13.3. The van der Waals surface area contributed by atoms with E-state index in [9.17, 15) is 4.39 Å². The van der Waals surface area contributed by atoms with E-state index in [1.165, 1.54) is 12.1 Å². The zero-order valence-corrected chi connectivity index (χ0v) is 11.9. The zero-order valence-electron chi connectivity index (χ0n) is 11.1. The number of methoxy groups -OCH3 is 1. The van der Waals surface area contributed by atoms with E-state index in [4.69, 9.17) is 16.3 Å². The standard InChI is InChI=1S/C15H11ClFN3O/c1-21-13-8-6-12(7-9-13)20-14(18-15(16)19-20)10-2-4-11(17)5-3-10/h2-9H,1H3. The fourth-order valence-corrected chi connectivity index (χ4v) is 2.13. The largest absolute Gasteiger partial charge is 0.497 e. The monoisotopic (exact) mass is 303 g/mol. The van der Waals surface area contributed by atoms with Crippen LogP contribution in [-0.2, 0) is 0 Å². The lowest BCUT2D eigenvalue weighted by Crippen LogP contribution is -1.99. The summed E-state index contributed by atoms with van der Waals surface area (Å²) in [5.41, 5.74) is 1.51. The van der Waals surface area contributed by atoms with Crippen LogP contribution in [0.1, 0.15) is 0 Å². The van der Waals surface area contributed by atoms with Gasteiger partial charge in [0.2, 0.25) is 5.28 Å². The third-order valence-electron chi connectivity index (χ3n) is 3.00. The van der Waals surface area contributed by atoms with Crippen molar-refractivity contribution in [1.29, 1.82) is 0 Å². The summed E-state index contributed by atoms with van der Waals surface area (Å²) < 4.78 is 19.8. The van der Waals surface area contributed by atoms with Crippen LogP contribution in [0, 0.1) is 5.82 Å². The summed E-state index contributed by atoms with van der Waals surface area (Å²) >= 11 is 5.91. The van der Waals surface area contributed by atoms with Crippen molar-refractivity contribution in [3.05, 3.63) is 59.6 Å². The van der Waals surface area contributed by atoms with E-state index in [0.29, 0.717) is 5.82 Å². The second-order valence-electron chi connectivity index (χ2n) is 4.32. The van der Waals surface area contributed by atoms with Crippen LogP contribution in [0.5, 0.6) is 5.75 Å². The van der Waals surface area contributed by atoms with Gasteiger partial charge in [0.25, 0.3) is 0 Å². The highest BCUT2D eigenvalue weighted by atomic mass is 35.5. The van der Waals surface area contributed by atoms with E-state index in [-0.39, 0.29) is 11.1 Å². The molecule has 1 aromatic heterocycles. The van der Waals surface area contributed by atoms with E-state index < -0.39 is 0 Å². The van der Waals surface area contributed by atoms with Gasteiger partial charge in [-0.15, -0.1) is 5.10 Å². The Morgan fingerprint density at radius 2 is 1.71 bits per heavy atom. The van der Waals surface area contributed by atoms with Gasteiger partial charge < -0.3 is 4.74 Å². The first-order valence-electron chi connectivity index (χ1n) is 6.20. The van der Waals surface area contributed by atoms with Crippen LogP contribution in [-0.4, -0.2) is 21.9 Å². The SMILES string of the molecule is COc1ccc(-n2nc(Cl)nc2-c2ccc(F)cc2)cc1. The van der Waals surface area contributed by atoms with E-state index in [1.807, 2.05) is 24.3 Å². The molecule has 0 atom stereocenters. The van der Waals surface area contributed by atoms with E-state index in [1.54, 1.807) is 23.9 Å². The molecule has 0 N–H and O–H groups in total. The van der Waals surface area contributed by atoms with Gasteiger partial charge in [-0.05, 0) is 60.1 Å². The first-order chi connectivity index (χ1) is 10.2. The molecule has 0 bridgehead atoms. The lowest BCUT2D eigenvalue weighted by molar-refractivity contribution is 0.414. The Balaban J connectivity index is 2.08. The maximum Gasteiger partial charge on any atom is 0.243 e. The third-order valence-corrected chi connectivity index (χ3v) is 3.16. The van der Waals surface area contributed by atoms with Crippen molar-refractivity contribution in [2.75, 3.05) is 7.11 Å². The number of halogens is 2. The molecule has 4 nitrogen and oxygen atoms in total. The summed E-state index contributed by atoms with van der Waals surface area (Å²) in [5.74, 6) is 0.985. The summed E-state index contributed by atoms with van der Waals surface area (Å²) in [7, 11) is 1.60. The quantitative estimate of drug-likeness (QED) is 0.740. The highest BCUT2D eigenvalue weighted by Crippen LogP contribution is 2.24. The molecular formula is C15H11ClFN3O. The maximum atomic E-state index is 13.0. The second kappa shape index (κ2) is 5.54. The van der Waals surface area contributed by atoms with Gasteiger partial charge in [-0.1, -0.05) is 0 Å². The van der Waals surface area contributed by atoms with Gasteiger partial charge in [0.1, 0.15) is 11.6 Å². The molecule has 0 amide bonds. The molecular weight excluding hydrogens is 293 g/mol. The second-order valence-corrected chi connectivity index (χ2v) is 4.66. The van der Waals surface area contributed by atoms with E-state index >= 15 is 0 Å². The van der Waals surface area contributed by atoms with E-state index in [2.05, 4.69) is 10.1 Å². The molecule has 3 aromatic rings. The van der Waals surface area contributed by atoms with Crippen LogP contribution < -0.4 is 4.74 Å². The number of aromatic nitrogens is 3. The van der Waals surface area contributed by atoms with Crippen molar-refractivity contribution in [1.82, 2.24) is 14.8 Å². The number of hydrogen-bond acceptors (Lipinski definition) is 3. The highest BCUT2D eigenvalue weighted by Gasteiger charge is 2.12. The number of benzene rings is 2. The molecule has 21 heavy (non-hydrogen) atoms. The lowest BCUT2D eigenvalue weighted by atomic mass is 10.2. The Morgan fingerprint density at radius 1 is 1.05 bits per heavy atom. The molecule has 0 radical (unpaired) electrons. The summed E-state index contributed by atoms with van der Waals surface area (Å²) in [4.78, 5) is 4.19. The average Bonchev–Trinajstić information content (AvgIpc) is 2.90. The Morgan fingerprint density at radius 3 is 2.33 bits per heavy atom. The molecule has 106 valence electrons. The van der Waals surface area contributed by atoms with Gasteiger partial charge in [-0.3, -0.25) is 0 Å². The van der Waals surface area contributed by atoms with Gasteiger partial charge in [0.15, 0.2) is 5.82 Å². The molecule has 1 heterocycles. The number of ether oxygens (including phenoxy) is 1. The number of rotatable bonds is 3. The molecule has 0 aliphatic heterocycles. The van der Waals surface area contributed by atoms with Gasteiger partial charge in [-0.2, -0.15) is 4.98 Å². The maximum absolute atomic E-state index is 13.0. The lowest BCUT2D eigenvalue weighted by Gasteiger charge is -2.07. The first kappa shape index (κ1) is 13.6. The Labute approximate surface area is 125 Å². The zero-order chi connectivity index (χ0) is 14.8. The minimum Gasteiger partial charge on any atom is -0.497 e. The van der Waals surface area contributed by atoms with Crippen molar-refractivity contribution in [3.8, 4) is 22.8 Å². The van der Waals surface area contributed by atoms with Gasteiger partial charge in [-0.25, -0.2) is 9.07 Å². The number of nitrogens with zero attached hydrogens (tertiary/aromatic N) is 3. The van der Waals surface area contributed by atoms with Gasteiger partial charge >= 0.3 is 0 Å². The van der Waals surface area contributed by atoms with Crippen LogP contribution in [0.15, 0.2) is 48.5 Å². The molecule has 0 saturated heterocycles. The molecule has 3 rings (SSSR count). The molecule has 2 aromatic carbocycles. The van der Waals surface area contributed by atoms with Crippen molar-refractivity contribution in [3.63, 3.8) is 0 Å². The fraction of sp³-hybridized carbons (Fsp3) is 0.0667. The van der Waals surface area contributed by atoms with Gasteiger partial charge in [0, 0.05) is 5.56 Å². The smallest absolute Gasteiger partial charge is 0.243 e. The molecule has 0 fully saturated rings. The predicted octanol–water partition coefficient (Wildman–Crippen LogP) is 3.74. The van der Waals surface area contributed by atoms with E-state index in [0.717, 1.165) is 17.0 Å². The molecule has 0 spiro atoms. The number of hydrogen-bond donors (Lipinski definition) is 0. The minimum atomic E-state index is -0.305. The fourth-order valence-electron chi connectivity index (χ4n) is 1.98. The molecule has 0 aliphatic rings. The van der Waals surface area contributed by atoms with Crippen LogP contribution in [0.4, 0.5) is 4.39 Å². The molecule has 0 saturated carbocycles. The van der Waals surface area contributed by atoms with Crippen LogP contribution in [0.3, 0.4) is 0 Å². The molecule has 0 aliphatic carbocycles. The first-order valence-corrected chi connectivity index (χ1v) is 6.58. The predicted molar refractivity (Wildman–Crippen MR) is 78.3 cm³/mol. The van der Waals surface area contributed by atoms with Crippen molar-refractivity contribution >= 4 is 11.6 Å². The third kappa shape index (κ3) is 2.73. The van der Waals surface area contributed by atoms with Crippen LogP contribution in [0.2, 0.25) is 5.28 Å². The topological polar surface area (TPSA) is 39.9 Å². The highest BCUT2D eigenvalue weighted by molar-refractivity contribution is 6.28. The minimum absolute atomic E-state index is 0.130. The van der Waals surface area contributed by atoms with Gasteiger partial charge in [0.05, 0.1) is 12.8 Å². The average molecular weight is 304 g/mol. The molecule has 0 unspecified atom stereocenters. The molecule has 6 heteroatoms. The Kier molecular flexibility index (Phi) is 3.58. The van der Waals surface area contributed by atoms with Crippen molar-refractivity contribution in [2.45, 2.75) is 0 Å². The Hall–Kier alpha value is -2.40. The summed E-state index contributed by atoms with van der Waals surface area (Å²) in [6.45, 7) is 0. The summed E-state index contributed by atoms with van der Waals surface area (Å²) in [6.07, 6.45) is 0. The summed E-state index contributed by atoms with van der Waals surface area (Å²) in [5, 5.41) is 4.30. The van der Waals surface area contributed by atoms with Crippen molar-refractivity contribution < 1.29 is 9.13 Å². The van der Waals surface area contributed by atoms with Crippen LogP contribution >= 0.6 is 11.6 Å². The van der Waals surface area contributed by atoms with Crippen molar-refractivity contribution in [2.24, 2.45) is 0 Å².